The third-order valence-corrected chi connectivity index (χ3v) is 4.64. The Morgan fingerprint density at radius 2 is 2.05 bits per heavy atom. The van der Waals surface area contributed by atoms with Crippen molar-refractivity contribution in [3.63, 3.8) is 0 Å². The Labute approximate surface area is 125 Å². The van der Waals surface area contributed by atoms with Crippen LogP contribution in [0.15, 0.2) is 36.4 Å². The first kappa shape index (κ1) is 13.3. The molecule has 0 saturated heterocycles. The summed E-state index contributed by atoms with van der Waals surface area (Å²) in [5.41, 5.74) is 1.76. The van der Waals surface area contributed by atoms with E-state index in [4.69, 9.17) is 11.6 Å². The zero-order valence-electron chi connectivity index (χ0n) is 10.6. The van der Waals surface area contributed by atoms with Gasteiger partial charge in [-0.3, -0.25) is 9.59 Å². The Morgan fingerprint density at radius 1 is 1.25 bits per heavy atom. The molecule has 0 saturated carbocycles. The zero-order chi connectivity index (χ0) is 14.1. The lowest BCUT2D eigenvalue weighted by Gasteiger charge is -2.27. The number of Topliss-reactive ketones (excluding diaryl/α,β-unsaturated/α-hetero) is 1. The van der Waals surface area contributed by atoms with Gasteiger partial charge < -0.3 is 4.90 Å². The molecule has 1 amide bonds. The second kappa shape index (κ2) is 5.38. The molecule has 5 heteroatoms. The second-order valence-corrected chi connectivity index (χ2v) is 6.38. The van der Waals surface area contributed by atoms with Gasteiger partial charge in [-0.2, -0.15) is 0 Å². The highest BCUT2D eigenvalue weighted by Crippen LogP contribution is 2.23. The number of hydrogen-bond acceptors (Lipinski definition) is 3. The fourth-order valence-corrected chi connectivity index (χ4v) is 3.31. The van der Waals surface area contributed by atoms with E-state index in [-0.39, 0.29) is 18.2 Å². The SMILES string of the molecule is O=C(CN1CCc2ccccc2C1=O)c1ccc(Cl)s1. The van der Waals surface area contributed by atoms with E-state index >= 15 is 0 Å². The minimum atomic E-state index is -0.0668. The first-order valence-electron chi connectivity index (χ1n) is 6.31. The van der Waals surface area contributed by atoms with Crippen molar-refractivity contribution in [3.05, 3.63) is 56.7 Å². The van der Waals surface area contributed by atoms with Gasteiger partial charge in [-0.15, -0.1) is 11.3 Å². The third kappa shape index (κ3) is 2.49. The molecule has 0 atom stereocenters. The maximum atomic E-state index is 12.3. The van der Waals surface area contributed by atoms with Crippen LogP contribution in [0.1, 0.15) is 25.6 Å². The van der Waals surface area contributed by atoms with Crippen LogP contribution in [0.2, 0.25) is 4.34 Å². The molecule has 0 fully saturated rings. The Hall–Kier alpha value is -1.65. The molecule has 0 bridgehead atoms. The normalized spacial score (nSPS) is 14.2. The highest BCUT2D eigenvalue weighted by atomic mass is 35.5. The van der Waals surface area contributed by atoms with E-state index in [9.17, 15) is 9.59 Å². The lowest BCUT2D eigenvalue weighted by Crippen LogP contribution is -2.40. The highest BCUT2D eigenvalue weighted by Gasteiger charge is 2.26. The average molecular weight is 306 g/mol. The van der Waals surface area contributed by atoms with E-state index in [2.05, 4.69) is 0 Å². The molecule has 3 rings (SSSR count). The monoisotopic (exact) mass is 305 g/mol. The lowest BCUT2D eigenvalue weighted by atomic mass is 9.99. The van der Waals surface area contributed by atoms with Crippen LogP contribution in [0.5, 0.6) is 0 Å². The van der Waals surface area contributed by atoms with Crippen LogP contribution in [-0.4, -0.2) is 29.7 Å². The van der Waals surface area contributed by atoms with E-state index in [0.717, 1.165) is 12.0 Å². The Kier molecular flexibility index (Phi) is 3.59. The predicted octanol–water partition coefficient (Wildman–Crippen LogP) is 3.28. The zero-order valence-corrected chi connectivity index (χ0v) is 12.2. The molecule has 102 valence electrons. The number of benzene rings is 1. The number of carbonyl (C=O) groups excluding carboxylic acids is 2. The molecule has 2 heterocycles. The van der Waals surface area contributed by atoms with Crippen molar-refractivity contribution in [3.8, 4) is 0 Å². The molecule has 0 radical (unpaired) electrons. The molecule has 1 aromatic heterocycles. The number of carbonyl (C=O) groups is 2. The summed E-state index contributed by atoms with van der Waals surface area (Å²) in [4.78, 5) is 26.7. The van der Waals surface area contributed by atoms with Gasteiger partial charge in [-0.05, 0) is 30.2 Å². The average Bonchev–Trinajstić information content (AvgIpc) is 2.89. The van der Waals surface area contributed by atoms with E-state index in [1.165, 1.54) is 11.3 Å². The van der Waals surface area contributed by atoms with Crippen molar-refractivity contribution in [1.82, 2.24) is 4.90 Å². The molecule has 3 nitrogen and oxygen atoms in total. The van der Waals surface area contributed by atoms with Crippen molar-refractivity contribution in [1.29, 1.82) is 0 Å². The maximum absolute atomic E-state index is 12.3. The minimum Gasteiger partial charge on any atom is -0.331 e. The van der Waals surface area contributed by atoms with Crippen LogP contribution in [0.4, 0.5) is 0 Å². The molecule has 0 aliphatic carbocycles. The van der Waals surface area contributed by atoms with Gasteiger partial charge in [0.1, 0.15) is 0 Å². The van der Waals surface area contributed by atoms with E-state index in [1.54, 1.807) is 17.0 Å². The van der Waals surface area contributed by atoms with Crippen molar-refractivity contribution in [2.24, 2.45) is 0 Å². The summed E-state index contributed by atoms with van der Waals surface area (Å²) in [6.07, 6.45) is 0.792. The molecule has 1 aliphatic rings. The molecule has 1 aromatic carbocycles. The number of amides is 1. The van der Waals surface area contributed by atoms with Crippen LogP contribution in [0, 0.1) is 0 Å². The van der Waals surface area contributed by atoms with Crippen LogP contribution in [0.3, 0.4) is 0 Å². The largest absolute Gasteiger partial charge is 0.331 e. The van der Waals surface area contributed by atoms with Gasteiger partial charge in [0.2, 0.25) is 0 Å². The van der Waals surface area contributed by atoms with Gasteiger partial charge in [0, 0.05) is 12.1 Å². The lowest BCUT2D eigenvalue weighted by molar-refractivity contribution is 0.0697. The number of thiophene rings is 1. The van der Waals surface area contributed by atoms with Crippen molar-refractivity contribution >= 4 is 34.6 Å². The van der Waals surface area contributed by atoms with Gasteiger partial charge in [-0.25, -0.2) is 0 Å². The third-order valence-electron chi connectivity index (χ3n) is 3.37. The van der Waals surface area contributed by atoms with Crippen molar-refractivity contribution < 1.29 is 9.59 Å². The number of nitrogens with zero attached hydrogens (tertiary/aromatic N) is 1. The molecule has 0 unspecified atom stereocenters. The Bertz CT molecular complexity index is 680. The summed E-state index contributed by atoms with van der Waals surface area (Å²) in [6, 6.07) is 11.0. The highest BCUT2D eigenvalue weighted by molar-refractivity contribution is 7.18. The Morgan fingerprint density at radius 3 is 2.80 bits per heavy atom. The topological polar surface area (TPSA) is 37.4 Å². The van der Waals surface area contributed by atoms with Crippen molar-refractivity contribution in [2.45, 2.75) is 6.42 Å². The smallest absolute Gasteiger partial charge is 0.254 e. The number of hydrogen-bond donors (Lipinski definition) is 0. The fraction of sp³-hybridized carbons (Fsp3) is 0.200. The molecule has 20 heavy (non-hydrogen) atoms. The molecule has 1 aliphatic heterocycles. The van der Waals surface area contributed by atoms with E-state index in [1.807, 2.05) is 24.3 Å². The van der Waals surface area contributed by atoms with Gasteiger partial charge in [0.15, 0.2) is 5.78 Å². The number of ketones is 1. The molecule has 0 spiro atoms. The quantitative estimate of drug-likeness (QED) is 0.816. The first-order valence-corrected chi connectivity index (χ1v) is 7.50. The first-order chi connectivity index (χ1) is 9.65. The summed E-state index contributed by atoms with van der Waals surface area (Å²) in [7, 11) is 0. The fourth-order valence-electron chi connectivity index (χ4n) is 2.34. The van der Waals surface area contributed by atoms with Gasteiger partial charge >= 0.3 is 0 Å². The summed E-state index contributed by atoms with van der Waals surface area (Å²) >= 11 is 7.08. The van der Waals surface area contributed by atoms with Crippen LogP contribution < -0.4 is 0 Å². The standard InChI is InChI=1S/C15H12ClNO2S/c16-14-6-5-13(20-14)12(18)9-17-8-7-10-3-1-2-4-11(10)15(17)19/h1-6H,7-9H2. The maximum Gasteiger partial charge on any atom is 0.254 e. The molecular weight excluding hydrogens is 294 g/mol. The summed E-state index contributed by atoms with van der Waals surface area (Å²) in [5, 5.41) is 0. The van der Waals surface area contributed by atoms with Gasteiger partial charge in [0.25, 0.3) is 5.91 Å². The molecular formula is C15H12ClNO2S. The second-order valence-electron chi connectivity index (χ2n) is 4.66. The van der Waals surface area contributed by atoms with E-state index < -0.39 is 0 Å². The Balaban J connectivity index is 1.77. The van der Waals surface area contributed by atoms with Gasteiger partial charge in [-0.1, -0.05) is 29.8 Å². The van der Waals surface area contributed by atoms with Crippen LogP contribution in [-0.2, 0) is 6.42 Å². The number of rotatable bonds is 3. The summed E-state index contributed by atoms with van der Waals surface area (Å²) in [6.45, 7) is 0.699. The number of fused-ring (bicyclic) bond motifs is 1. The van der Waals surface area contributed by atoms with Gasteiger partial charge in [0.05, 0.1) is 15.8 Å². The molecule has 0 N–H and O–H groups in total. The minimum absolute atomic E-state index is 0.0605. The van der Waals surface area contributed by atoms with E-state index in [0.29, 0.717) is 21.3 Å². The van der Waals surface area contributed by atoms with Crippen LogP contribution >= 0.6 is 22.9 Å². The summed E-state index contributed by atoms with van der Waals surface area (Å²) in [5.74, 6) is -0.127. The number of halogens is 1. The predicted molar refractivity (Wildman–Crippen MR) is 79.7 cm³/mol. The van der Waals surface area contributed by atoms with Crippen molar-refractivity contribution in [2.75, 3.05) is 13.1 Å². The van der Waals surface area contributed by atoms with Crippen LogP contribution in [0.25, 0.3) is 0 Å². The molecule has 2 aromatic rings. The summed E-state index contributed by atoms with van der Waals surface area (Å²) < 4.78 is 0.587.